The summed E-state index contributed by atoms with van der Waals surface area (Å²) >= 11 is 0. The molecule has 1 aromatic carbocycles. The molecule has 0 saturated heterocycles. The van der Waals surface area contributed by atoms with Crippen molar-refractivity contribution in [2.75, 3.05) is 6.61 Å². The van der Waals surface area contributed by atoms with Crippen LogP contribution in [0.15, 0.2) is 18.2 Å². The van der Waals surface area contributed by atoms with Crippen molar-refractivity contribution < 1.29 is 5.11 Å². The molecular weight excluding hydrogens is 160 g/mol. The number of aryl methyl sites for hydroxylation is 1. The van der Waals surface area contributed by atoms with Gasteiger partial charge in [0.15, 0.2) is 0 Å². The maximum atomic E-state index is 8.92. The highest BCUT2D eigenvalue weighted by atomic mass is 16.2. The van der Waals surface area contributed by atoms with Gasteiger partial charge in [0.05, 0.1) is 0 Å². The van der Waals surface area contributed by atoms with Crippen LogP contribution >= 0.6 is 0 Å². The highest BCUT2D eigenvalue weighted by Crippen LogP contribution is 2.20. The zero-order chi connectivity index (χ0) is 9.84. The van der Waals surface area contributed by atoms with Gasteiger partial charge in [0.2, 0.25) is 0 Å². The van der Waals surface area contributed by atoms with Crippen LogP contribution in [0.1, 0.15) is 36.5 Å². The van der Waals surface area contributed by atoms with E-state index in [1.54, 1.807) is 0 Å². The van der Waals surface area contributed by atoms with Crippen LogP contribution in [-0.2, 0) is 6.42 Å². The summed E-state index contributed by atoms with van der Waals surface area (Å²) in [5.41, 5.74) is 3.92. The highest BCUT2D eigenvalue weighted by Gasteiger charge is 2.05. The maximum absolute atomic E-state index is 8.92. The van der Waals surface area contributed by atoms with Crippen molar-refractivity contribution in [3.05, 3.63) is 34.9 Å². The lowest BCUT2D eigenvalue weighted by molar-refractivity contribution is 0.299. The van der Waals surface area contributed by atoms with Gasteiger partial charge >= 0.3 is 0 Å². The largest absolute Gasteiger partial charge is 0.396 e. The summed E-state index contributed by atoms with van der Waals surface area (Å²) < 4.78 is 0. The van der Waals surface area contributed by atoms with Crippen LogP contribution in [0.25, 0.3) is 0 Å². The Bertz CT molecular complexity index is 276. The lowest BCUT2D eigenvalue weighted by Crippen LogP contribution is -1.99. The van der Waals surface area contributed by atoms with Crippen LogP contribution in [0.4, 0.5) is 0 Å². The Balaban J connectivity index is 3.03. The van der Waals surface area contributed by atoms with E-state index in [-0.39, 0.29) is 6.61 Å². The molecule has 0 aliphatic heterocycles. The van der Waals surface area contributed by atoms with Gasteiger partial charge in [-0.3, -0.25) is 0 Å². The van der Waals surface area contributed by atoms with Crippen molar-refractivity contribution in [1.82, 2.24) is 0 Å². The van der Waals surface area contributed by atoms with Gasteiger partial charge in [-0.2, -0.15) is 0 Å². The Labute approximate surface area is 80.4 Å². The Kier molecular flexibility index (Phi) is 3.49. The van der Waals surface area contributed by atoms with Gasteiger partial charge in [-0.15, -0.1) is 0 Å². The summed E-state index contributed by atoms with van der Waals surface area (Å²) in [6.45, 7) is 6.70. The molecule has 0 aliphatic rings. The zero-order valence-electron chi connectivity index (χ0n) is 8.67. The molecule has 0 fully saturated rings. The Morgan fingerprint density at radius 1 is 1.31 bits per heavy atom. The third-order valence-corrected chi connectivity index (χ3v) is 2.30. The normalized spacial score (nSPS) is 10.8. The molecule has 1 heteroatoms. The van der Waals surface area contributed by atoms with Crippen LogP contribution in [0.5, 0.6) is 0 Å². The van der Waals surface area contributed by atoms with Crippen LogP contribution in [0.2, 0.25) is 0 Å². The smallest absolute Gasteiger partial charge is 0.0471 e. The van der Waals surface area contributed by atoms with E-state index in [1.165, 1.54) is 16.7 Å². The van der Waals surface area contributed by atoms with E-state index in [0.29, 0.717) is 5.92 Å². The molecule has 0 saturated carbocycles. The lowest BCUT2D eigenvalue weighted by atomic mass is 9.94. The van der Waals surface area contributed by atoms with Crippen molar-refractivity contribution >= 4 is 0 Å². The standard InChI is InChI=1S/C12H18O/c1-9(2)12-5-4-10(3)8-11(12)6-7-13/h4-5,8-9,13H,6-7H2,1-3H3. The summed E-state index contributed by atoms with van der Waals surface area (Å²) in [6.07, 6.45) is 0.773. The second-order valence-electron chi connectivity index (χ2n) is 3.83. The molecule has 0 unspecified atom stereocenters. The van der Waals surface area contributed by atoms with Gasteiger partial charge in [0, 0.05) is 6.61 Å². The van der Waals surface area contributed by atoms with E-state index < -0.39 is 0 Å². The molecule has 0 aliphatic carbocycles. The molecule has 0 amide bonds. The highest BCUT2D eigenvalue weighted by molar-refractivity contribution is 5.33. The van der Waals surface area contributed by atoms with Gasteiger partial charge in [-0.25, -0.2) is 0 Å². The second-order valence-corrected chi connectivity index (χ2v) is 3.83. The van der Waals surface area contributed by atoms with Gasteiger partial charge < -0.3 is 5.11 Å². The number of aliphatic hydroxyl groups is 1. The summed E-state index contributed by atoms with van der Waals surface area (Å²) in [7, 11) is 0. The average molecular weight is 178 g/mol. The predicted octanol–water partition coefficient (Wildman–Crippen LogP) is 2.65. The first-order valence-corrected chi connectivity index (χ1v) is 4.85. The first-order valence-electron chi connectivity index (χ1n) is 4.85. The van der Waals surface area contributed by atoms with E-state index in [0.717, 1.165) is 6.42 Å². The molecular formula is C12H18O. The topological polar surface area (TPSA) is 20.2 Å². The third kappa shape index (κ3) is 2.56. The molecule has 1 N–H and O–H groups in total. The fourth-order valence-electron chi connectivity index (χ4n) is 1.63. The molecule has 13 heavy (non-hydrogen) atoms. The summed E-state index contributed by atoms with van der Waals surface area (Å²) in [6, 6.07) is 6.48. The maximum Gasteiger partial charge on any atom is 0.0471 e. The van der Waals surface area contributed by atoms with Crippen LogP contribution in [0, 0.1) is 6.92 Å². The minimum absolute atomic E-state index is 0.239. The van der Waals surface area contributed by atoms with Crippen LogP contribution < -0.4 is 0 Å². The lowest BCUT2D eigenvalue weighted by Gasteiger charge is -2.12. The molecule has 1 nitrogen and oxygen atoms in total. The van der Waals surface area contributed by atoms with Gasteiger partial charge in [0.25, 0.3) is 0 Å². The molecule has 0 atom stereocenters. The number of benzene rings is 1. The first kappa shape index (κ1) is 10.3. The monoisotopic (exact) mass is 178 g/mol. The molecule has 0 spiro atoms. The first-order chi connectivity index (χ1) is 6.15. The summed E-state index contributed by atoms with van der Waals surface area (Å²) in [5, 5.41) is 8.92. The number of aliphatic hydroxyl groups excluding tert-OH is 1. The Hall–Kier alpha value is -0.820. The van der Waals surface area contributed by atoms with E-state index in [1.807, 2.05) is 0 Å². The zero-order valence-corrected chi connectivity index (χ0v) is 8.67. The quantitative estimate of drug-likeness (QED) is 0.754. The Morgan fingerprint density at radius 2 is 2.00 bits per heavy atom. The Morgan fingerprint density at radius 3 is 2.54 bits per heavy atom. The summed E-state index contributed by atoms with van der Waals surface area (Å²) in [5.74, 6) is 0.544. The van der Waals surface area contributed by atoms with Gasteiger partial charge in [-0.05, 0) is 30.4 Å². The van der Waals surface area contributed by atoms with Crippen molar-refractivity contribution in [2.45, 2.75) is 33.1 Å². The fourth-order valence-corrected chi connectivity index (χ4v) is 1.63. The van der Waals surface area contributed by atoms with Crippen molar-refractivity contribution in [3.8, 4) is 0 Å². The third-order valence-electron chi connectivity index (χ3n) is 2.30. The minimum atomic E-state index is 0.239. The van der Waals surface area contributed by atoms with Gasteiger partial charge in [0.1, 0.15) is 0 Å². The molecule has 1 rings (SSSR count). The van der Waals surface area contributed by atoms with Crippen LogP contribution in [-0.4, -0.2) is 11.7 Å². The van der Waals surface area contributed by atoms with Crippen molar-refractivity contribution in [2.24, 2.45) is 0 Å². The molecule has 0 heterocycles. The van der Waals surface area contributed by atoms with Crippen LogP contribution in [0.3, 0.4) is 0 Å². The number of hydrogen-bond acceptors (Lipinski definition) is 1. The molecule has 0 radical (unpaired) electrons. The predicted molar refractivity (Wildman–Crippen MR) is 56.1 cm³/mol. The van der Waals surface area contributed by atoms with E-state index in [9.17, 15) is 0 Å². The van der Waals surface area contributed by atoms with Crippen molar-refractivity contribution in [3.63, 3.8) is 0 Å². The average Bonchev–Trinajstić information content (AvgIpc) is 2.04. The number of hydrogen-bond donors (Lipinski definition) is 1. The van der Waals surface area contributed by atoms with Crippen molar-refractivity contribution in [1.29, 1.82) is 0 Å². The SMILES string of the molecule is Cc1ccc(C(C)C)c(CCO)c1. The molecule has 0 bridgehead atoms. The summed E-state index contributed by atoms with van der Waals surface area (Å²) in [4.78, 5) is 0. The van der Waals surface area contributed by atoms with E-state index in [2.05, 4.69) is 39.0 Å². The van der Waals surface area contributed by atoms with E-state index in [4.69, 9.17) is 5.11 Å². The van der Waals surface area contributed by atoms with E-state index >= 15 is 0 Å². The fraction of sp³-hybridized carbons (Fsp3) is 0.500. The second kappa shape index (κ2) is 4.43. The molecule has 72 valence electrons. The number of rotatable bonds is 3. The molecule has 1 aromatic rings. The molecule has 0 aromatic heterocycles. The minimum Gasteiger partial charge on any atom is -0.396 e. The van der Waals surface area contributed by atoms with Gasteiger partial charge in [-0.1, -0.05) is 37.6 Å².